The van der Waals surface area contributed by atoms with Crippen LogP contribution in [-0.4, -0.2) is 29.7 Å². The van der Waals surface area contributed by atoms with Crippen molar-refractivity contribution in [3.05, 3.63) is 54.2 Å². The lowest BCUT2D eigenvalue weighted by Gasteiger charge is -2.12. The highest BCUT2D eigenvalue weighted by atomic mass is 16.4. The molecule has 0 aliphatic rings. The normalized spacial score (nSPS) is 10.9. The lowest BCUT2D eigenvalue weighted by atomic mass is 10.0. The van der Waals surface area contributed by atoms with Crippen LogP contribution in [0.3, 0.4) is 0 Å². The molecule has 0 aliphatic heterocycles. The zero-order valence-corrected chi connectivity index (χ0v) is 12.9. The van der Waals surface area contributed by atoms with E-state index in [1.54, 1.807) is 17.7 Å². The smallest absolute Gasteiger partial charge is 0.352 e. The monoisotopic (exact) mass is 294 g/mol. The third-order valence-corrected chi connectivity index (χ3v) is 3.98. The SMILES string of the molecule is CN(C)c1ccc(-c2ccc3cc(C(=O)O)n(C)c3c2)cc1. The second-order valence-electron chi connectivity index (χ2n) is 5.61. The molecular weight excluding hydrogens is 276 g/mol. The van der Waals surface area contributed by atoms with Crippen molar-refractivity contribution in [3.63, 3.8) is 0 Å². The Labute approximate surface area is 129 Å². The molecule has 0 unspecified atom stereocenters. The van der Waals surface area contributed by atoms with Crippen molar-refractivity contribution in [3.8, 4) is 11.1 Å². The number of carbonyl (C=O) groups is 1. The summed E-state index contributed by atoms with van der Waals surface area (Å²) in [5.74, 6) is -0.907. The first-order valence-corrected chi connectivity index (χ1v) is 7.08. The van der Waals surface area contributed by atoms with Crippen molar-refractivity contribution in [2.45, 2.75) is 0 Å². The van der Waals surface area contributed by atoms with E-state index in [4.69, 9.17) is 0 Å². The Hall–Kier alpha value is -2.75. The summed E-state index contributed by atoms with van der Waals surface area (Å²) in [4.78, 5) is 13.3. The molecule has 0 fully saturated rings. The number of fused-ring (bicyclic) bond motifs is 1. The number of rotatable bonds is 3. The number of hydrogen-bond acceptors (Lipinski definition) is 2. The van der Waals surface area contributed by atoms with Gasteiger partial charge in [0.1, 0.15) is 5.69 Å². The van der Waals surface area contributed by atoms with Crippen LogP contribution in [-0.2, 0) is 7.05 Å². The van der Waals surface area contributed by atoms with Crippen LogP contribution in [0, 0.1) is 0 Å². The highest BCUT2D eigenvalue weighted by molar-refractivity contribution is 5.96. The molecule has 0 amide bonds. The number of anilines is 1. The van der Waals surface area contributed by atoms with Crippen molar-refractivity contribution in [1.29, 1.82) is 0 Å². The summed E-state index contributed by atoms with van der Waals surface area (Å²) in [6.45, 7) is 0. The van der Waals surface area contributed by atoms with E-state index in [-0.39, 0.29) is 0 Å². The molecule has 0 atom stereocenters. The van der Waals surface area contributed by atoms with Crippen molar-refractivity contribution in [2.75, 3.05) is 19.0 Å². The molecule has 0 aliphatic carbocycles. The van der Waals surface area contributed by atoms with E-state index in [1.807, 2.05) is 32.3 Å². The topological polar surface area (TPSA) is 45.5 Å². The fourth-order valence-electron chi connectivity index (χ4n) is 2.67. The number of hydrogen-bond donors (Lipinski definition) is 1. The molecule has 4 heteroatoms. The van der Waals surface area contributed by atoms with Gasteiger partial charge in [0.2, 0.25) is 0 Å². The van der Waals surface area contributed by atoms with Crippen LogP contribution >= 0.6 is 0 Å². The number of carboxylic acids is 1. The van der Waals surface area contributed by atoms with Crippen molar-refractivity contribution in [2.24, 2.45) is 7.05 Å². The Bertz CT molecular complexity index is 845. The number of aryl methyl sites for hydroxylation is 1. The van der Waals surface area contributed by atoms with E-state index < -0.39 is 5.97 Å². The van der Waals surface area contributed by atoms with E-state index >= 15 is 0 Å². The van der Waals surface area contributed by atoms with Crippen LogP contribution in [0.1, 0.15) is 10.5 Å². The minimum Gasteiger partial charge on any atom is -0.477 e. The summed E-state index contributed by atoms with van der Waals surface area (Å²) < 4.78 is 1.72. The zero-order chi connectivity index (χ0) is 15.9. The van der Waals surface area contributed by atoms with Crippen LogP contribution in [0.15, 0.2) is 48.5 Å². The van der Waals surface area contributed by atoms with Gasteiger partial charge in [-0.05, 0) is 35.4 Å². The van der Waals surface area contributed by atoms with Gasteiger partial charge < -0.3 is 14.6 Å². The first-order valence-electron chi connectivity index (χ1n) is 7.08. The average molecular weight is 294 g/mol. The number of carboxylic acid groups (broad SMARTS) is 1. The molecule has 22 heavy (non-hydrogen) atoms. The van der Waals surface area contributed by atoms with E-state index in [0.29, 0.717) is 5.69 Å². The van der Waals surface area contributed by atoms with Gasteiger partial charge in [0.15, 0.2) is 0 Å². The van der Waals surface area contributed by atoms with Gasteiger partial charge in [0, 0.05) is 37.7 Å². The van der Waals surface area contributed by atoms with Crippen LogP contribution in [0.5, 0.6) is 0 Å². The molecular formula is C18H18N2O2. The molecule has 1 aromatic heterocycles. The van der Waals surface area contributed by atoms with Crippen molar-refractivity contribution in [1.82, 2.24) is 4.57 Å². The Balaban J connectivity index is 2.08. The predicted molar refractivity (Wildman–Crippen MR) is 89.6 cm³/mol. The second kappa shape index (κ2) is 5.22. The molecule has 112 valence electrons. The number of aromatic nitrogens is 1. The maximum Gasteiger partial charge on any atom is 0.352 e. The quantitative estimate of drug-likeness (QED) is 0.802. The fraction of sp³-hybridized carbons (Fsp3) is 0.167. The van der Waals surface area contributed by atoms with Gasteiger partial charge in [-0.3, -0.25) is 0 Å². The molecule has 2 aromatic carbocycles. The number of benzene rings is 2. The van der Waals surface area contributed by atoms with Gasteiger partial charge in [-0.25, -0.2) is 4.79 Å². The molecule has 0 saturated carbocycles. The molecule has 0 bridgehead atoms. The van der Waals surface area contributed by atoms with Crippen LogP contribution in [0.2, 0.25) is 0 Å². The number of nitrogens with zero attached hydrogens (tertiary/aromatic N) is 2. The largest absolute Gasteiger partial charge is 0.477 e. The molecule has 3 rings (SSSR count). The highest BCUT2D eigenvalue weighted by Crippen LogP contribution is 2.27. The molecule has 3 aromatic rings. The first-order chi connectivity index (χ1) is 10.5. The summed E-state index contributed by atoms with van der Waals surface area (Å²) >= 11 is 0. The van der Waals surface area contributed by atoms with Gasteiger partial charge in [-0.15, -0.1) is 0 Å². The van der Waals surface area contributed by atoms with Crippen LogP contribution in [0.25, 0.3) is 22.0 Å². The van der Waals surface area contributed by atoms with E-state index in [9.17, 15) is 9.90 Å². The third-order valence-electron chi connectivity index (χ3n) is 3.98. The summed E-state index contributed by atoms with van der Waals surface area (Å²) in [5.41, 5.74) is 4.57. The van der Waals surface area contributed by atoms with Gasteiger partial charge in [-0.2, -0.15) is 0 Å². The summed E-state index contributed by atoms with van der Waals surface area (Å²) in [7, 11) is 5.81. The zero-order valence-electron chi connectivity index (χ0n) is 12.9. The lowest BCUT2D eigenvalue weighted by Crippen LogP contribution is -2.07. The molecule has 1 heterocycles. The highest BCUT2D eigenvalue weighted by Gasteiger charge is 2.12. The van der Waals surface area contributed by atoms with Gasteiger partial charge in [0.05, 0.1) is 0 Å². The van der Waals surface area contributed by atoms with E-state index in [0.717, 1.165) is 27.7 Å². The first kappa shape index (κ1) is 14.2. The molecule has 1 N–H and O–H groups in total. The minimum atomic E-state index is -0.907. The molecule has 0 saturated heterocycles. The lowest BCUT2D eigenvalue weighted by molar-refractivity contribution is 0.0687. The van der Waals surface area contributed by atoms with Crippen molar-refractivity contribution >= 4 is 22.6 Å². The third kappa shape index (κ3) is 2.33. The molecule has 0 radical (unpaired) electrons. The Morgan fingerprint density at radius 2 is 1.64 bits per heavy atom. The van der Waals surface area contributed by atoms with Crippen LogP contribution in [0.4, 0.5) is 5.69 Å². The van der Waals surface area contributed by atoms with Crippen LogP contribution < -0.4 is 4.90 Å². The summed E-state index contributed by atoms with van der Waals surface area (Å²) in [5, 5.41) is 10.1. The molecule has 4 nitrogen and oxygen atoms in total. The fourth-order valence-corrected chi connectivity index (χ4v) is 2.67. The average Bonchev–Trinajstić information content (AvgIpc) is 2.84. The van der Waals surface area contributed by atoms with Gasteiger partial charge in [0.25, 0.3) is 0 Å². The Morgan fingerprint density at radius 1 is 1.00 bits per heavy atom. The maximum atomic E-state index is 11.2. The summed E-state index contributed by atoms with van der Waals surface area (Å²) in [6, 6.07) is 16.0. The Kier molecular flexibility index (Phi) is 3.37. The van der Waals surface area contributed by atoms with Gasteiger partial charge >= 0.3 is 5.97 Å². The predicted octanol–water partition coefficient (Wildman–Crippen LogP) is 3.61. The van der Waals surface area contributed by atoms with Crippen molar-refractivity contribution < 1.29 is 9.90 Å². The summed E-state index contributed by atoms with van der Waals surface area (Å²) in [6.07, 6.45) is 0. The van der Waals surface area contributed by atoms with E-state index in [2.05, 4.69) is 29.2 Å². The maximum absolute atomic E-state index is 11.2. The minimum absolute atomic E-state index is 0.301. The standard InChI is InChI=1S/C18H18N2O2/c1-19(2)15-8-6-12(7-9-15)13-4-5-14-11-17(18(21)22)20(3)16(14)10-13/h4-11H,1-3H3,(H,21,22). The van der Waals surface area contributed by atoms with Gasteiger partial charge in [-0.1, -0.05) is 24.3 Å². The second-order valence-corrected chi connectivity index (χ2v) is 5.61. The van der Waals surface area contributed by atoms with E-state index in [1.165, 1.54) is 0 Å². The molecule has 0 spiro atoms. The number of aromatic carboxylic acids is 1. The Morgan fingerprint density at radius 3 is 2.23 bits per heavy atom.